The van der Waals surface area contributed by atoms with Gasteiger partial charge in [-0.1, -0.05) is 30.8 Å². The molecule has 0 spiro atoms. The summed E-state index contributed by atoms with van der Waals surface area (Å²) in [5.74, 6) is 0.181. The number of aromatic nitrogens is 2. The summed E-state index contributed by atoms with van der Waals surface area (Å²) in [6.07, 6.45) is 3.05. The van der Waals surface area contributed by atoms with E-state index in [1.165, 1.54) is 34.3 Å². The van der Waals surface area contributed by atoms with Gasteiger partial charge in [-0.3, -0.25) is 14.2 Å². The minimum absolute atomic E-state index is 0.000901. The second kappa shape index (κ2) is 9.12. The summed E-state index contributed by atoms with van der Waals surface area (Å²) in [6.45, 7) is 6.82. The molecule has 2 aromatic heterocycles. The molecule has 1 aliphatic carbocycles. The van der Waals surface area contributed by atoms with Crippen LogP contribution in [0, 0.1) is 11.7 Å². The Balaban J connectivity index is 1.55. The maximum absolute atomic E-state index is 13.3. The molecule has 2 heterocycles. The van der Waals surface area contributed by atoms with Gasteiger partial charge in [-0.25, -0.2) is 9.37 Å². The number of thioether (sulfide) groups is 1. The molecule has 1 aromatic carbocycles. The van der Waals surface area contributed by atoms with Gasteiger partial charge >= 0.3 is 0 Å². The Kier molecular flexibility index (Phi) is 6.48. The largest absolute Gasteiger partial charge is 0.351 e. The zero-order valence-electron chi connectivity index (χ0n) is 17.9. The maximum Gasteiger partial charge on any atom is 0.263 e. The molecule has 0 radical (unpaired) electrons. The van der Waals surface area contributed by atoms with Crippen molar-refractivity contribution in [3.8, 4) is 0 Å². The van der Waals surface area contributed by atoms with Crippen molar-refractivity contribution >= 4 is 39.2 Å². The van der Waals surface area contributed by atoms with Crippen molar-refractivity contribution in [1.29, 1.82) is 0 Å². The van der Waals surface area contributed by atoms with Gasteiger partial charge in [0.25, 0.3) is 5.56 Å². The van der Waals surface area contributed by atoms with E-state index in [-0.39, 0.29) is 17.3 Å². The van der Waals surface area contributed by atoms with Crippen LogP contribution in [0.4, 0.5) is 4.39 Å². The number of aryl methyl sites for hydroxylation is 1. The molecule has 0 saturated heterocycles. The average molecular weight is 460 g/mol. The normalized spacial score (nSPS) is 16.8. The molecule has 5 nitrogen and oxygen atoms in total. The molecule has 0 aliphatic heterocycles. The van der Waals surface area contributed by atoms with Crippen LogP contribution in [0.25, 0.3) is 10.2 Å². The van der Waals surface area contributed by atoms with E-state index < -0.39 is 5.25 Å². The summed E-state index contributed by atoms with van der Waals surface area (Å²) >= 11 is 2.93. The monoisotopic (exact) mass is 459 g/mol. The van der Waals surface area contributed by atoms with Gasteiger partial charge in [0.1, 0.15) is 10.6 Å². The van der Waals surface area contributed by atoms with Gasteiger partial charge in [-0.15, -0.1) is 11.3 Å². The van der Waals surface area contributed by atoms with Gasteiger partial charge in [0.15, 0.2) is 5.16 Å². The Bertz CT molecular complexity index is 1170. The second-order valence-electron chi connectivity index (χ2n) is 8.08. The topological polar surface area (TPSA) is 64.0 Å². The van der Waals surface area contributed by atoms with E-state index in [0.717, 1.165) is 35.0 Å². The first-order chi connectivity index (χ1) is 14.9. The molecule has 2 unspecified atom stereocenters. The van der Waals surface area contributed by atoms with Crippen LogP contribution in [0.5, 0.6) is 0 Å². The number of benzene rings is 1. The van der Waals surface area contributed by atoms with E-state index in [0.29, 0.717) is 24.2 Å². The molecular formula is C23H26FN3O2S2. The number of carbonyl (C=O) groups is 1. The standard InChI is InChI=1S/C23H26FN3O2S2/c1-4-27-22(29)19-17-10-5-13(2)11-18(17)31-21(19)26-23(27)30-14(3)20(28)25-12-15-6-8-16(24)9-7-15/h6-9,13-14H,4-5,10-12H2,1-3H3,(H,25,28). The molecule has 31 heavy (non-hydrogen) atoms. The van der Waals surface area contributed by atoms with Crippen molar-refractivity contribution in [1.82, 2.24) is 14.9 Å². The molecule has 0 fully saturated rings. The highest BCUT2D eigenvalue weighted by Gasteiger charge is 2.25. The number of nitrogens with zero attached hydrogens (tertiary/aromatic N) is 2. The Morgan fingerprint density at radius 1 is 1.39 bits per heavy atom. The number of fused-ring (bicyclic) bond motifs is 3. The lowest BCUT2D eigenvalue weighted by Gasteiger charge is -2.18. The van der Waals surface area contributed by atoms with Crippen LogP contribution in [-0.2, 0) is 30.7 Å². The van der Waals surface area contributed by atoms with Crippen molar-refractivity contribution in [2.75, 3.05) is 0 Å². The lowest BCUT2D eigenvalue weighted by Crippen LogP contribution is -2.31. The van der Waals surface area contributed by atoms with Gasteiger partial charge in [-0.2, -0.15) is 0 Å². The van der Waals surface area contributed by atoms with Crippen LogP contribution in [0.3, 0.4) is 0 Å². The Morgan fingerprint density at radius 3 is 2.84 bits per heavy atom. The number of thiophene rings is 1. The predicted molar refractivity (Wildman–Crippen MR) is 124 cm³/mol. The number of carbonyl (C=O) groups excluding carboxylic acids is 1. The van der Waals surface area contributed by atoms with Gasteiger partial charge in [-0.05, 0) is 62.3 Å². The Morgan fingerprint density at radius 2 is 2.13 bits per heavy atom. The SMILES string of the molecule is CCn1c(SC(C)C(=O)NCc2ccc(F)cc2)nc2sc3c(c2c1=O)CCC(C)C3. The van der Waals surface area contributed by atoms with Gasteiger partial charge in [0.05, 0.1) is 10.6 Å². The molecule has 3 aromatic rings. The molecular weight excluding hydrogens is 433 g/mol. The number of halogens is 1. The first-order valence-corrected chi connectivity index (χ1v) is 12.3. The summed E-state index contributed by atoms with van der Waals surface area (Å²) < 4.78 is 14.7. The molecule has 8 heteroatoms. The number of rotatable bonds is 6. The molecule has 2 atom stereocenters. The first kappa shape index (κ1) is 22.0. The van der Waals surface area contributed by atoms with E-state index in [2.05, 4.69) is 12.2 Å². The molecule has 164 valence electrons. The highest BCUT2D eigenvalue weighted by molar-refractivity contribution is 8.00. The van der Waals surface area contributed by atoms with E-state index in [1.54, 1.807) is 28.0 Å². The van der Waals surface area contributed by atoms with Crippen LogP contribution in [0.1, 0.15) is 43.2 Å². The van der Waals surface area contributed by atoms with E-state index >= 15 is 0 Å². The highest BCUT2D eigenvalue weighted by atomic mass is 32.2. The summed E-state index contributed by atoms with van der Waals surface area (Å²) in [5.41, 5.74) is 2.01. The Hall–Kier alpha value is -2.19. The third-order valence-electron chi connectivity index (χ3n) is 5.73. The van der Waals surface area contributed by atoms with Crippen LogP contribution < -0.4 is 10.9 Å². The molecule has 1 N–H and O–H groups in total. The van der Waals surface area contributed by atoms with E-state index in [1.807, 2.05) is 13.8 Å². The van der Waals surface area contributed by atoms with Crippen molar-refractivity contribution in [2.45, 2.75) is 63.5 Å². The Labute approximate surface area is 189 Å². The fourth-order valence-corrected chi connectivity index (χ4v) is 6.34. The number of nitrogens with one attached hydrogen (secondary N) is 1. The van der Waals surface area contributed by atoms with E-state index in [4.69, 9.17) is 4.98 Å². The van der Waals surface area contributed by atoms with Crippen molar-refractivity contribution in [3.05, 3.63) is 56.4 Å². The third-order valence-corrected chi connectivity index (χ3v) is 7.97. The molecule has 0 bridgehead atoms. The maximum atomic E-state index is 13.3. The zero-order valence-corrected chi connectivity index (χ0v) is 19.5. The van der Waals surface area contributed by atoms with Gasteiger partial charge in [0, 0.05) is 18.0 Å². The van der Waals surface area contributed by atoms with Crippen molar-refractivity contribution in [2.24, 2.45) is 5.92 Å². The first-order valence-electron chi connectivity index (χ1n) is 10.6. The van der Waals surface area contributed by atoms with Crippen LogP contribution in [-0.4, -0.2) is 20.7 Å². The van der Waals surface area contributed by atoms with Crippen molar-refractivity contribution in [3.63, 3.8) is 0 Å². The minimum Gasteiger partial charge on any atom is -0.351 e. The summed E-state index contributed by atoms with van der Waals surface area (Å²) in [5, 5.41) is 3.81. The molecule has 0 saturated carbocycles. The fourth-order valence-electron chi connectivity index (χ4n) is 3.92. The van der Waals surface area contributed by atoms with Crippen LogP contribution in [0.15, 0.2) is 34.2 Å². The lowest BCUT2D eigenvalue weighted by molar-refractivity contribution is -0.120. The lowest BCUT2D eigenvalue weighted by atomic mass is 9.89. The van der Waals surface area contributed by atoms with E-state index in [9.17, 15) is 14.0 Å². The molecule has 4 rings (SSSR count). The second-order valence-corrected chi connectivity index (χ2v) is 10.5. The smallest absolute Gasteiger partial charge is 0.263 e. The number of hydrogen-bond donors (Lipinski definition) is 1. The summed E-state index contributed by atoms with van der Waals surface area (Å²) in [4.78, 5) is 32.8. The minimum atomic E-state index is -0.419. The number of amides is 1. The molecule has 1 aliphatic rings. The third kappa shape index (κ3) is 4.55. The zero-order chi connectivity index (χ0) is 22.1. The highest BCUT2D eigenvalue weighted by Crippen LogP contribution is 2.36. The number of hydrogen-bond acceptors (Lipinski definition) is 5. The summed E-state index contributed by atoms with van der Waals surface area (Å²) in [7, 11) is 0. The van der Waals surface area contributed by atoms with Gasteiger partial charge < -0.3 is 5.32 Å². The van der Waals surface area contributed by atoms with Crippen LogP contribution >= 0.6 is 23.1 Å². The quantitative estimate of drug-likeness (QED) is 0.434. The van der Waals surface area contributed by atoms with Crippen LogP contribution in [0.2, 0.25) is 0 Å². The predicted octanol–water partition coefficient (Wildman–Crippen LogP) is 4.54. The van der Waals surface area contributed by atoms with Crippen molar-refractivity contribution < 1.29 is 9.18 Å². The summed E-state index contributed by atoms with van der Waals surface area (Å²) in [6, 6.07) is 6.05. The van der Waals surface area contributed by atoms with Gasteiger partial charge in [0.2, 0.25) is 5.91 Å². The molecule has 1 amide bonds. The fraction of sp³-hybridized carbons (Fsp3) is 0.435. The average Bonchev–Trinajstić information content (AvgIpc) is 3.10.